The van der Waals surface area contributed by atoms with Crippen molar-refractivity contribution in [2.45, 2.75) is 45.4 Å². The zero-order valence-electron chi connectivity index (χ0n) is 10.9. The number of nitrogens with zero attached hydrogens (tertiary/aromatic N) is 1. The van der Waals surface area contributed by atoms with Gasteiger partial charge in [-0.2, -0.15) is 0 Å². The number of hydrogen-bond donors (Lipinski definition) is 0. The minimum absolute atomic E-state index is 0.111. The van der Waals surface area contributed by atoms with Gasteiger partial charge in [0.2, 0.25) is 5.91 Å². The lowest BCUT2D eigenvalue weighted by molar-refractivity contribution is -0.145. The number of esters is 1. The fourth-order valence-electron chi connectivity index (χ4n) is 2.21. The van der Waals surface area contributed by atoms with Crippen molar-refractivity contribution >= 4 is 11.9 Å². The van der Waals surface area contributed by atoms with Crippen LogP contribution in [0.25, 0.3) is 0 Å². The van der Waals surface area contributed by atoms with Crippen LogP contribution in [0.15, 0.2) is 0 Å². The normalized spacial score (nSPS) is 19.4. The fraction of sp³-hybridized carbons (Fsp3) is 0.846. The van der Waals surface area contributed by atoms with E-state index in [1.807, 2.05) is 0 Å². The molecule has 1 fully saturated rings. The van der Waals surface area contributed by atoms with E-state index in [1.54, 1.807) is 4.90 Å². The lowest BCUT2D eigenvalue weighted by Gasteiger charge is -2.15. The first-order chi connectivity index (χ1) is 8.19. The van der Waals surface area contributed by atoms with Crippen LogP contribution >= 0.6 is 0 Å². The second-order valence-electron chi connectivity index (χ2n) is 4.66. The number of amides is 1. The van der Waals surface area contributed by atoms with Crippen LogP contribution in [0.3, 0.4) is 0 Å². The van der Waals surface area contributed by atoms with Crippen molar-refractivity contribution in [3.8, 4) is 0 Å². The van der Waals surface area contributed by atoms with E-state index in [-0.39, 0.29) is 17.8 Å². The van der Waals surface area contributed by atoms with Crippen LogP contribution in [-0.2, 0) is 14.3 Å². The summed E-state index contributed by atoms with van der Waals surface area (Å²) in [7, 11) is 1.40. The maximum atomic E-state index is 11.8. The molecule has 0 N–H and O–H groups in total. The van der Waals surface area contributed by atoms with Crippen LogP contribution in [-0.4, -0.2) is 37.0 Å². The minimum Gasteiger partial charge on any atom is -0.469 e. The number of unbranched alkanes of at least 4 members (excludes halogenated alkanes) is 3. The maximum Gasteiger partial charge on any atom is 0.310 e. The Bertz CT molecular complexity index is 265. The number of carbonyl (C=O) groups excluding carboxylic acids is 2. The number of rotatable bonds is 6. The lowest BCUT2D eigenvalue weighted by atomic mass is 10.1. The Morgan fingerprint density at radius 2 is 2.06 bits per heavy atom. The summed E-state index contributed by atoms with van der Waals surface area (Å²) in [6, 6.07) is 0. The van der Waals surface area contributed by atoms with Crippen molar-refractivity contribution in [3.05, 3.63) is 0 Å². The first kappa shape index (κ1) is 14.0. The Balaban J connectivity index is 2.23. The number of carbonyl (C=O) groups is 2. The quantitative estimate of drug-likeness (QED) is 0.527. The third-order valence-electron chi connectivity index (χ3n) is 3.32. The van der Waals surface area contributed by atoms with Gasteiger partial charge in [0, 0.05) is 19.5 Å². The van der Waals surface area contributed by atoms with Crippen molar-refractivity contribution in [1.82, 2.24) is 4.90 Å². The molecule has 4 heteroatoms. The average molecular weight is 241 g/mol. The van der Waals surface area contributed by atoms with Gasteiger partial charge in [-0.3, -0.25) is 9.59 Å². The SMILES string of the molecule is CCCCCCC(=O)N1CCC(C(=O)OC)C1. The van der Waals surface area contributed by atoms with E-state index in [1.165, 1.54) is 20.0 Å². The molecule has 1 saturated heterocycles. The molecule has 0 aliphatic carbocycles. The largest absolute Gasteiger partial charge is 0.469 e. The summed E-state index contributed by atoms with van der Waals surface area (Å²) in [5.74, 6) is -0.113. The standard InChI is InChI=1S/C13H23NO3/c1-3-4-5-6-7-12(15)14-9-8-11(10-14)13(16)17-2/h11H,3-10H2,1-2H3. The molecule has 1 amide bonds. The van der Waals surface area contributed by atoms with Gasteiger partial charge >= 0.3 is 5.97 Å². The molecule has 0 spiro atoms. The zero-order valence-corrected chi connectivity index (χ0v) is 10.9. The summed E-state index contributed by atoms with van der Waals surface area (Å²) in [4.78, 5) is 25.0. The predicted octanol–water partition coefficient (Wildman–Crippen LogP) is 1.98. The van der Waals surface area contributed by atoms with E-state index in [0.717, 1.165) is 19.3 Å². The summed E-state index contributed by atoms with van der Waals surface area (Å²) in [5, 5.41) is 0. The van der Waals surface area contributed by atoms with Gasteiger partial charge in [-0.05, 0) is 12.8 Å². The molecular formula is C13H23NO3. The zero-order chi connectivity index (χ0) is 12.7. The van der Waals surface area contributed by atoms with Crippen molar-refractivity contribution in [2.24, 2.45) is 5.92 Å². The van der Waals surface area contributed by atoms with Crippen LogP contribution in [0, 0.1) is 5.92 Å². The smallest absolute Gasteiger partial charge is 0.310 e. The maximum absolute atomic E-state index is 11.8. The van der Waals surface area contributed by atoms with E-state index in [9.17, 15) is 9.59 Å². The van der Waals surface area contributed by atoms with Crippen molar-refractivity contribution in [1.29, 1.82) is 0 Å². The Morgan fingerprint density at radius 1 is 1.29 bits per heavy atom. The molecule has 17 heavy (non-hydrogen) atoms. The van der Waals surface area contributed by atoms with Crippen LogP contribution in [0.2, 0.25) is 0 Å². The molecule has 0 bridgehead atoms. The Labute approximate surface area is 103 Å². The van der Waals surface area contributed by atoms with Gasteiger partial charge < -0.3 is 9.64 Å². The van der Waals surface area contributed by atoms with Crippen LogP contribution in [0.5, 0.6) is 0 Å². The van der Waals surface area contributed by atoms with Gasteiger partial charge in [0.15, 0.2) is 0 Å². The summed E-state index contributed by atoms with van der Waals surface area (Å²) < 4.78 is 4.70. The average Bonchev–Trinajstić information content (AvgIpc) is 2.83. The van der Waals surface area contributed by atoms with Gasteiger partial charge in [-0.25, -0.2) is 0 Å². The highest BCUT2D eigenvalue weighted by Crippen LogP contribution is 2.19. The van der Waals surface area contributed by atoms with Crippen LogP contribution in [0.1, 0.15) is 45.4 Å². The monoisotopic (exact) mass is 241 g/mol. The van der Waals surface area contributed by atoms with Crippen molar-refractivity contribution in [3.63, 3.8) is 0 Å². The lowest BCUT2D eigenvalue weighted by Crippen LogP contribution is -2.29. The Kier molecular flexibility index (Phi) is 6.01. The molecule has 1 unspecified atom stereocenters. The van der Waals surface area contributed by atoms with Crippen molar-refractivity contribution in [2.75, 3.05) is 20.2 Å². The van der Waals surface area contributed by atoms with Crippen molar-refractivity contribution < 1.29 is 14.3 Å². The molecule has 0 aromatic carbocycles. The number of likely N-dealkylation sites (tertiary alicyclic amines) is 1. The van der Waals surface area contributed by atoms with E-state index in [2.05, 4.69) is 6.92 Å². The molecule has 1 heterocycles. The van der Waals surface area contributed by atoms with E-state index >= 15 is 0 Å². The molecular weight excluding hydrogens is 218 g/mol. The van der Waals surface area contributed by atoms with Crippen LogP contribution in [0.4, 0.5) is 0 Å². The third-order valence-corrected chi connectivity index (χ3v) is 3.32. The highest BCUT2D eigenvalue weighted by molar-refractivity contribution is 5.79. The molecule has 1 atom stereocenters. The molecule has 4 nitrogen and oxygen atoms in total. The first-order valence-corrected chi connectivity index (χ1v) is 6.54. The Hall–Kier alpha value is -1.06. The second kappa shape index (κ2) is 7.30. The van der Waals surface area contributed by atoms with Gasteiger partial charge in [0.05, 0.1) is 13.0 Å². The topological polar surface area (TPSA) is 46.6 Å². The van der Waals surface area contributed by atoms with Gasteiger partial charge in [0.25, 0.3) is 0 Å². The fourth-order valence-corrected chi connectivity index (χ4v) is 2.21. The summed E-state index contributed by atoms with van der Waals surface area (Å²) in [6.07, 6.45) is 5.82. The molecule has 0 aromatic rings. The highest BCUT2D eigenvalue weighted by Gasteiger charge is 2.31. The summed E-state index contributed by atoms with van der Waals surface area (Å²) in [6.45, 7) is 3.40. The van der Waals surface area contributed by atoms with E-state index in [4.69, 9.17) is 4.74 Å². The molecule has 0 radical (unpaired) electrons. The summed E-state index contributed by atoms with van der Waals surface area (Å²) in [5.41, 5.74) is 0. The number of methoxy groups -OCH3 is 1. The molecule has 0 saturated carbocycles. The molecule has 1 aliphatic heterocycles. The van der Waals surface area contributed by atoms with Gasteiger partial charge in [-0.1, -0.05) is 26.2 Å². The van der Waals surface area contributed by atoms with Crippen LogP contribution < -0.4 is 0 Å². The predicted molar refractivity (Wildman–Crippen MR) is 65.5 cm³/mol. The molecule has 1 rings (SSSR count). The number of ether oxygens (including phenoxy) is 1. The number of hydrogen-bond acceptors (Lipinski definition) is 3. The second-order valence-corrected chi connectivity index (χ2v) is 4.66. The van der Waals surface area contributed by atoms with Gasteiger partial charge in [-0.15, -0.1) is 0 Å². The van der Waals surface area contributed by atoms with Gasteiger partial charge in [0.1, 0.15) is 0 Å². The van der Waals surface area contributed by atoms with E-state index < -0.39 is 0 Å². The molecule has 1 aliphatic rings. The van der Waals surface area contributed by atoms with E-state index in [0.29, 0.717) is 19.5 Å². The molecule has 98 valence electrons. The molecule has 0 aromatic heterocycles. The highest BCUT2D eigenvalue weighted by atomic mass is 16.5. The first-order valence-electron chi connectivity index (χ1n) is 6.54. The summed E-state index contributed by atoms with van der Waals surface area (Å²) >= 11 is 0. The third kappa shape index (κ3) is 4.36. The minimum atomic E-state index is -0.189. The Morgan fingerprint density at radius 3 is 2.71 bits per heavy atom.